The summed E-state index contributed by atoms with van der Waals surface area (Å²) < 4.78 is 0. The normalized spacial score (nSPS) is 11.2. The van der Waals surface area contributed by atoms with E-state index in [9.17, 15) is 10.0 Å². The fraction of sp³-hybridized carbons (Fsp3) is 0.167. The molecule has 0 aromatic heterocycles. The molecule has 0 aliphatic carbocycles. The fourth-order valence-corrected chi connectivity index (χ4v) is 1.92. The smallest absolute Gasteiger partial charge is 0.243 e. The van der Waals surface area contributed by atoms with Gasteiger partial charge in [-0.3, -0.25) is 10.0 Å². The van der Waals surface area contributed by atoms with Gasteiger partial charge in [-0.25, -0.2) is 5.06 Å². The molecule has 0 spiro atoms. The first-order chi connectivity index (χ1) is 10.1. The van der Waals surface area contributed by atoms with E-state index >= 15 is 0 Å². The van der Waals surface area contributed by atoms with Gasteiger partial charge in [-0.2, -0.15) is 0 Å². The topological polar surface area (TPSA) is 40.5 Å². The van der Waals surface area contributed by atoms with Gasteiger partial charge in [0.15, 0.2) is 0 Å². The lowest BCUT2D eigenvalue weighted by Gasteiger charge is -2.21. The van der Waals surface area contributed by atoms with Gasteiger partial charge in [0, 0.05) is 18.1 Å². The van der Waals surface area contributed by atoms with E-state index in [1.54, 1.807) is 6.92 Å². The standard InChI is InChI=1S/C18H17NO2/c1-14(19(21)15(2)20)18-12-10-17(11-13-18)9-8-16-6-4-3-5-7-16/h3-7,10-14,21H,1-2H3. The van der Waals surface area contributed by atoms with Crippen LogP contribution in [0.1, 0.15) is 36.6 Å². The minimum Gasteiger partial charge on any atom is -0.285 e. The number of carbonyl (C=O) groups is 1. The zero-order valence-corrected chi connectivity index (χ0v) is 12.1. The van der Waals surface area contributed by atoms with Crippen molar-refractivity contribution in [1.29, 1.82) is 0 Å². The summed E-state index contributed by atoms with van der Waals surface area (Å²) in [6.45, 7) is 3.10. The van der Waals surface area contributed by atoms with Gasteiger partial charge in [0.2, 0.25) is 5.91 Å². The van der Waals surface area contributed by atoms with Crippen molar-refractivity contribution in [3.63, 3.8) is 0 Å². The van der Waals surface area contributed by atoms with Crippen molar-refractivity contribution >= 4 is 5.91 Å². The van der Waals surface area contributed by atoms with E-state index in [2.05, 4.69) is 11.8 Å². The first-order valence-electron chi connectivity index (χ1n) is 6.73. The summed E-state index contributed by atoms with van der Waals surface area (Å²) in [5.74, 6) is 5.79. The minimum absolute atomic E-state index is 0.376. The summed E-state index contributed by atoms with van der Waals surface area (Å²) in [7, 11) is 0. The van der Waals surface area contributed by atoms with E-state index in [4.69, 9.17) is 0 Å². The average molecular weight is 279 g/mol. The van der Waals surface area contributed by atoms with Crippen LogP contribution in [0.3, 0.4) is 0 Å². The largest absolute Gasteiger partial charge is 0.285 e. The van der Waals surface area contributed by atoms with Crippen LogP contribution in [0.2, 0.25) is 0 Å². The highest BCUT2D eigenvalue weighted by molar-refractivity contribution is 5.72. The number of rotatable bonds is 2. The van der Waals surface area contributed by atoms with E-state index in [0.717, 1.165) is 21.8 Å². The van der Waals surface area contributed by atoms with Crippen LogP contribution in [0.4, 0.5) is 0 Å². The molecule has 1 N–H and O–H groups in total. The van der Waals surface area contributed by atoms with Gasteiger partial charge in [-0.15, -0.1) is 0 Å². The van der Waals surface area contributed by atoms with Crippen molar-refractivity contribution in [3.05, 3.63) is 71.3 Å². The quantitative estimate of drug-likeness (QED) is 0.520. The van der Waals surface area contributed by atoms with Crippen LogP contribution in [-0.4, -0.2) is 16.2 Å². The Hall–Kier alpha value is -2.57. The molecule has 2 rings (SSSR count). The molecule has 3 heteroatoms. The van der Waals surface area contributed by atoms with E-state index in [-0.39, 0.29) is 11.9 Å². The van der Waals surface area contributed by atoms with E-state index in [1.807, 2.05) is 54.6 Å². The number of hydrogen-bond acceptors (Lipinski definition) is 2. The Balaban J connectivity index is 2.13. The zero-order valence-electron chi connectivity index (χ0n) is 12.1. The number of nitrogens with zero attached hydrogens (tertiary/aromatic N) is 1. The minimum atomic E-state index is -0.379. The summed E-state index contributed by atoms with van der Waals surface area (Å²) in [6, 6.07) is 16.9. The lowest BCUT2D eigenvalue weighted by molar-refractivity contribution is -0.172. The third-order valence-corrected chi connectivity index (χ3v) is 3.21. The van der Waals surface area contributed by atoms with Gasteiger partial charge < -0.3 is 0 Å². The van der Waals surface area contributed by atoms with Crippen LogP contribution in [0, 0.1) is 11.8 Å². The van der Waals surface area contributed by atoms with Crippen molar-refractivity contribution < 1.29 is 10.0 Å². The highest BCUT2D eigenvalue weighted by Crippen LogP contribution is 2.18. The Morgan fingerprint density at radius 1 is 1.00 bits per heavy atom. The molecule has 2 aromatic carbocycles. The Labute approximate surface area is 124 Å². The molecule has 0 radical (unpaired) electrons. The number of benzene rings is 2. The molecule has 0 aliphatic heterocycles. The molecule has 3 nitrogen and oxygen atoms in total. The van der Waals surface area contributed by atoms with Crippen LogP contribution >= 0.6 is 0 Å². The Morgan fingerprint density at radius 3 is 2.05 bits per heavy atom. The summed E-state index contributed by atoms with van der Waals surface area (Å²) in [5, 5.41) is 10.4. The van der Waals surface area contributed by atoms with Crippen LogP contribution in [0.5, 0.6) is 0 Å². The molecule has 0 heterocycles. The van der Waals surface area contributed by atoms with E-state index in [0.29, 0.717) is 0 Å². The van der Waals surface area contributed by atoms with Crippen LogP contribution in [-0.2, 0) is 4.79 Å². The second-order valence-corrected chi connectivity index (χ2v) is 4.78. The van der Waals surface area contributed by atoms with Gasteiger partial charge >= 0.3 is 0 Å². The Morgan fingerprint density at radius 2 is 1.52 bits per heavy atom. The Bertz CT molecular complexity index is 666. The predicted octanol–water partition coefficient (Wildman–Crippen LogP) is 3.39. The predicted molar refractivity (Wildman–Crippen MR) is 81.6 cm³/mol. The summed E-state index contributed by atoms with van der Waals surface area (Å²) >= 11 is 0. The highest BCUT2D eigenvalue weighted by Gasteiger charge is 2.15. The number of hydrogen-bond donors (Lipinski definition) is 1. The molecular formula is C18H17NO2. The molecule has 1 atom stereocenters. The highest BCUT2D eigenvalue weighted by atomic mass is 16.5. The molecule has 1 amide bonds. The van der Waals surface area contributed by atoms with Crippen molar-refractivity contribution in [3.8, 4) is 11.8 Å². The molecular weight excluding hydrogens is 262 g/mol. The van der Waals surface area contributed by atoms with Crippen LogP contribution in [0.15, 0.2) is 54.6 Å². The van der Waals surface area contributed by atoms with Crippen molar-refractivity contribution in [2.24, 2.45) is 0 Å². The summed E-state index contributed by atoms with van der Waals surface area (Å²) in [5.41, 5.74) is 2.72. The van der Waals surface area contributed by atoms with Gasteiger partial charge in [0.25, 0.3) is 0 Å². The third-order valence-electron chi connectivity index (χ3n) is 3.21. The molecule has 106 valence electrons. The SMILES string of the molecule is CC(=O)N(O)C(C)c1ccc(C#Cc2ccccc2)cc1. The van der Waals surface area contributed by atoms with Gasteiger partial charge in [0.05, 0.1) is 6.04 Å². The van der Waals surface area contributed by atoms with Gasteiger partial charge in [-0.05, 0) is 36.8 Å². The number of amides is 1. The molecule has 1 unspecified atom stereocenters. The molecule has 0 saturated carbocycles. The van der Waals surface area contributed by atoms with Gasteiger partial charge in [-0.1, -0.05) is 42.2 Å². The first kappa shape index (κ1) is 14.8. The molecule has 0 aliphatic rings. The van der Waals surface area contributed by atoms with Crippen LogP contribution in [0.25, 0.3) is 0 Å². The summed E-state index contributed by atoms with van der Waals surface area (Å²) in [6.07, 6.45) is 0. The first-order valence-corrected chi connectivity index (χ1v) is 6.73. The number of carbonyl (C=O) groups excluding carboxylic acids is 1. The maximum absolute atomic E-state index is 11.1. The number of hydroxylamine groups is 2. The van der Waals surface area contributed by atoms with E-state index < -0.39 is 0 Å². The van der Waals surface area contributed by atoms with Crippen molar-refractivity contribution in [1.82, 2.24) is 5.06 Å². The molecule has 0 fully saturated rings. The second-order valence-electron chi connectivity index (χ2n) is 4.78. The third kappa shape index (κ3) is 3.95. The monoisotopic (exact) mass is 279 g/mol. The maximum Gasteiger partial charge on any atom is 0.243 e. The molecule has 2 aromatic rings. The fourth-order valence-electron chi connectivity index (χ4n) is 1.92. The molecule has 0 bridgehead atoms. The van der Waals surface area contributed by atoms with E-state index in [1.165, 1.54) is 6.92 Å². The second kappa shape index (κ2) is 6.74. The molecule has 0 saturated heterocycles. The zero-order chi connectivity index (χ0) is 15.2. The van der Waals surface area contributed by atoms with Crippen molar-refractivity contribution in [2.75, 3.05) is 0 Å². The van der Waals surface area contributed by atoms with Crippen LogP contribution < -0.4 is 0 Å². The lowest BCUT2D eigenvalue weighted by Crippen LogP contribution is -2.27. The average Bonchev–Trinajstić information content (AvgIpc) is 2.53. The molecule has 21 heavy (non-hydrogen) atoms. The summed E-state index contributed by atoms with van der Waals surface area (Å²) in [4.78, 5) is 11.1. The van der Waals surface area contributed by atoms with Gasteiger partial charge in [0.1, 0.15) is 0 Å². The lowest BCUT2D eigenvalue weighted by atomic mass is 10.1. The maximum atomic E-state index is 11.1. The Kier molecular flexibility index (Phi) is 4.76. The van der Waals surface area contributed by atoms with Crippen molar-refractivity contribution in [2.45, 2.75) is 19.9 Å².